The third kappa shape index (κ3) is 4.30. The Morgan fingerprint density at radius 2 is 1.79 bits per heavy atom. The van der Waals surface area contributed by atoms with Gasteiger partial charge < -0.3 is 16.4 Å². The molecule has 6 N–H and O–H groups in total. The van der Waals surface area contributed by atoms with E-state index < -0.39 is 10.0 Å². The number of aromatic nitrogens is 3. The summed E-state index contributed by atoms with van der Waals surface area (Å²) in [7, 11) is -3.77. The minimum Gasteiger partial charge on any atom is -0.397 e. The van der Waals surface area contributed by atoms with Crippen molar-refractivity contribution < 1.29 is 8.42 Å². The van der Waals surface area contributed by atoms with Crippen LogP contribution in [0, 0.1) is 0 Å². The fourth-order valence-corrected chi connectivity index (χ4v) is 4.83. The van der Waals surface area contributed by atoms with Crippen molar-refractivity contribution in [3.05, 3.63) is 60.9 Å². The van der Waals surface area contributed by atoms with E-state index >= 15 is 0 Å². The lowest BCUT2D eigenvalue weighted by molar-refractivity contribution is 0.507. The lowest BCUT2D eigenvalue weighted by atomic mass is 10.0. The van der Waals surface area contributed by atoms with Gasteiger partial charge in [-0.15, -0.1) is 0 Å². The molecule has 34 heavy (non-hydrogen) atoms. The Hall–Kier alpha value is -3.60. The molecule has 3 aromatic heterocycles. The first-order valence-electron chi connectivity index (χ1n) is 10.9. The Balaban J connectivity index is 1.56. The van der Waals surface area contributed by atoms with Crippen LogP contribution in [-0.4, -0.2) is 42.5 Å². The van der Waals surface area contributed by atoms with Gasteiger partial charge in [-0.25, -0.2) is 18.5 Å². The molecule has 0 saturated carbocycles. The Bertz CT molecular complexity index is 1470. The van der Waals surface area contributed by atoms with E-state index in [4.69, 9.17) is 21.6 Å². The fraction of sp³-hybridized carbons (Fsp3) is 0.208. The summed E-state index contributed by atoms with van der Waals surface area (Å²) in [6.07, 6.45) is 5.59. The van der Waals surface area contributed by atoms with Crippen molar-refractivity contribution in [3.8, 4) is 22.6 Å². The number of fused-ring (bicyclic) bond motifs is 1. The number of benzene rings is 1. The minimum atomic E-state index is -3.77. The Kier molecular flexibility index (Phi) is 5.64. The Morgan fingerprint density at radius 1 is 1.00 bits per heavy atom. The molecule has 4 aromatic rings. The largest absolute Gasteiger partial charge is 0.397 e. The average Bonchev–Trinajstić information content (AvgIpc) is 2.83. The van der Waals surface area contributed by atoms with Gasteiger partial charge in [-0.3, -0.25) is 9.97 Å². The molecule has 1 atom stereocenters. The number of pyridine rings is 3. The van der Waals surface area contributed by atoms with Gasteiger partial charge in [0.05, 0.1) is 33.7 Å². The fourth-order valence-electron chi connectivity index (χ4n) is 4.32. The summed E-state index contributed by atoms with van der Waals surface area (Å²) in [5.41, 5.74) is 17.4. The number of rotatable bonds is 4. The number of anilines is 2. The predicted molar refractivity (Wildman–Crippen MR) is 133 cm³/mol. The van der Waals surface area contributed by atoms with Gasteiger partial charge in [-0.05, 0) is 49.2 Å². The predicted octanol–water partition coefficient (Wildman–Crippen LogP) is 2.52. The third-order valence-electron chi connectivity index (χ3n) is 6.05. The third-order valence-corrected chi connectivity index (χ3v) is 6.98. The number of nitrogens with two attached hydrogens (primary N) is 3. The smallest absolute Gasteiger partial charge is 0.238 e. The zero-order valence-corrected chi connectivity index (χ0v) is 19.2. The van der Waals surface area contributed by atoms with Gasteiger partial charge >= 0.3 is 0 Å². The van der Waals surface area contributed by atoms with Crippen LogP contribution in [0.5, 0.6) is 0 Å². The second-order valence-corrected chi connectivity index (χ2v) is 10.0. The van der Waals surface area contributed by atoms with Crippen LogP contribution in [0.1, 0.15) is 12.8 Å². The maximum atomic E-state index is 11.6. The van der Waals surface area contributed by atoms with Crippen molar-refractivity contribution in [1.29, 1.82) is 0 Å². The van der Waals surface area contributed by atoms with E-state index in [1.54, 1.807) is 36.7 Å². The quantitative estimate of drug-likeness (QED) is 0.407. The van der Waals surface area contributed by atoms with Crippen molar-refractivity contribution in [3.63, 3.8) is 0 Å². The molecule has 1 fully saturated rings. The van der Waals surface area contributed by atoms with Crippen molar-refractivity contribution in [2.45, 2.75) is 23.8 Å². The number of hydrogen-bond acceptors (Lipinski definition) is 8. The standard InChI is InChI=1S/C24H25N7O2S/c25-16-2-1-11-31(14-16)23-9-10-28-22-13-29-21(12-18(22)23)24-19(26)7-8-20(30-24)15-3-5-17(6-4-15)34(27,32)33/h3-10,12-13,16H,1-2,11,14,25-26H2,(H2,27,32,33). The summed E-state index contributed by atoms with van der Waals surface area (Å²) in [4.78, 5) is 16.1. The maximum Gasteiger partial charge on any atom is 0.238 e. The van der Waals surface area contributed by atoms with Crippen LogP contribution < -0.4 is 21.5 Å². The number of sulfonamides is 1. The summed E-state index contributed by atoms with van der Waals surface area (Å²) in [6, 6.07) is 13.9. The second kappa shape index (κ2) is 8.64. The molecule has 10 heteroatoms. The van der Waals surface area contributed by atoms with E-state index in [0.717, 1.165) is 48.1 Å². The molecule has 0 spiro atoms. The highest BCUT2D eigenvalue weighted by molar-refractivity contribution is 7.89. The van der Waals surface area contributed by atoms with E-state index in [-0.39, 0.29) is 10.9 Å². The van der Waals surface area contributed by atoms with Gasteiger partial charge in [0.25, 0.3) is 0 Å². The van der Waals surface area contributed by atoms with E-state index in [0.29, 0.717) is 22.8 Å². The number of piperidine rings is 1. The zero-order chi connectivity index (χ0) is 23.9. The van der Waals surface area contributed by atoms with Crippen molar-refractivity contribution in [1.82, 2.24) is 15.0 Å². The number of nitrogen functional groups attached to an aromatic ring is 1. The molecule has 1 aliphatic rings. The van der Waals surface area contributed by atoms with Crippen LogP contribution >= 0.6 is 0 Å². The molecule has 0 radical (unpaired) electrons. The molecule has 1 aliphatic heterocycles. The normalized spacial score (nSPS) is 16.6. The van der Waals surface area contributed by atoms with Gasteiger partial charge in [0.1, 0.15) is 5.69 Å². The first-order valence-corrected chi connectivity index (χ1v) is 12.5. The topological polar surface area (TPSA) is 154 Å². The second-order valence-electron chi connectivity index (χ2n) is 8.47. The van der Waals surface area contributed by atoms with Crippen LogP contribution in [0.3, 0.4) is 0 Å². The van der Waals surface area contributed by atoms with Crippen molar-refractivity contribution in [2.24, 2.45) is 10.9 Å². The molecule has 0 bridgehead atoms. The molecule has 5 rings (SSSR count). The minimum absolute atomic E-state index is 0.0422. The van der Waals surface area contributed by atoms with Gasteiger partial charge in [-0.2, -0.15) is 0 Å². The van der Waals surface area contributed by atoms with Crippen molar-refractivity contribution >= 4 is 32.3 Å². The molecule has 9 nitrogen and oxygen atoms in total. The highest BCUT2D eigenvalue weighted by atomic mass is 32.2. The molecule has 1 saturated heterocycles. The molecule has 1 unspecified atom stereocenters. The summed E-state index contributed by atoms with van der Waals surface area (Å²) < 4.78 is 23.1. The lowest BCUT2D eigenvalue weighted by Crippen LogP contribution is -2.42. The van der Waals surface area contributed by atoms with Crippen molar-refractivity contribution in [2.75, 3.05) is 23.7 Å². The SMILES string of the molecule is Nc1ccc(-c2ccc(S(N)(=O)=O)cc2)nc1-c1cc2c(N3CCCC(N)C3)ccnc2cn1. The first kappa shape index (κ1) is 22.2. The van der Waals surface area contributed by atoms with Crippen LogP contribution in [0.15, 0.2) is 65.8 Å². The highest BCUT2D eigenvalue weighted by Gasteiger charge is 2.20. The Labute approximate surface area is 197 Å². The summed E-state index contributed by atoms with van der Waals surface area (Å²) in [6.45, 7) is 1.73. The number of primary sulfonamides is 1. The molecule has 0 amide bonds. The molecule has 0 aliphatic carbocycles. The zero-order valence-electron chi connectivity index (χ0n) is 18.4. The van der Waals surface area contributed by atoms with E-state index in [1.807, 2.05) is 12.1 Å². The van der Waals surface area contributed by atoms with Gasteiger partial charge in [0.2, 0.25) is 10.0 Å². The van der Waals surface area contributed by atoms with Crippen LogP contribution in [0.4, 0.5) is 11.4 Å². The van der Waals surface area contributed by atoms with E-state index in [9.17, 15) is 8.42 Å². The summed E-state index contributed by atoms with van der Waals surface area (Å²) in [5, 5.41) is 6.16. The molecule has 174 valence electrons. The molecule has 1 aromatic carbocycles. The number of hydrogen-bond donors (Lipinski definition) is 3. The Morgan fingerprint density at radius 3 is 2.53 bits per heavy atom. The van der Waals surface area contributed by atoms with E-state index in [1.165, 1.54) is 12.1 Å². The van der Waals surface area contributed by atoms with Crippen LogP contribution in [-0.2, 0) is 10.0 Å². The highest BCUT2D eigenvalue weighted by Crippen LogP contribution is 2.32. The molecular weight excluding hydrogens is 450 g/mol. The van der Waals surface area contributed by atoms with Gasteiger partial charge in [-0.1, -0.05) is 12.1 Å². The number of nitrogens with zero attached hydrogens (tertiary/aromatic N) is 4. The maximum absolute atomic E-state index is 11.6. The average molecular weight is 476 g/mol. The summed E-state index contributed by atoms with van der Waals surface area (Å²) >= 11 is 0. The van der Waals surface area contributed by atoms with E-state index in [2.05, 4.69) is 14.9 Å². The van der Waals surface area contributed by atoms with Crippen LogP contribution in [0.2, 0.25) is 0 Å². The lowest BCUT2D eigenvalue weighted by Gasteiger charge is -2.33. The van der Waals surface area contributed by atoms with Gasteiger partial charge in [0.15, 0.2) is 0 Å². The first-order chi connectivity index (χ1) is 16.3. The summed E-state index contributed by atoms with van der Waals surface area (Å²) in [5.74, 6) is 0. The van der Waals surface area contributed by atoms with Crippen LogP contribution in [0.25, 0.3) is 33.5 Å². The molecule has 4 heterocycles. The molecular formula is C24H25N7O2S. The monoisotopic (exact) mass is 475 g/mol. The van der Waals surface area contributed by atoms with Gasteiger partial charge in [0, 0.05) is 42.0 Å².